The highest BCUT2D eigenvalue weighted by atomic mass is 79.9. The van der Waals surface area contributed by atoms with Crippen LogP contribution in [0.1, 0.15) is 23.4 Å². The zero-order valence-electron chi connectivity index (χ0n) is 9.71. The molecule has 1 atom stereocenters. The van der Waals surface area contributed by atoms with Gasteiger partial charge in [-0.3, -0.25) is 0 Å². The summed E-state index contributed by atoms with van der Waals surface area (Å²) in [6, 6.07) is 10.9. The Balaban J connectivity index is 1.98. The lowest BCUT2D eigenvalue weighted by molar-refractivity contribution is 0.578. The number of halogens is 3. The predicted molar refractivity (Wildman–Crippen MR) is 89.1 cm³/mol. The Morgan fingerprint density at radius 2 is 2.00 bits per heavy atom. The first kappa shape index (κ1) is 14.7. The molecule has 1 N–H and O–H groups in total. The SMILES string of the molecule is C[C@@H](NCc1cc(Br)c(Br)s1)c1cccc(Br)c1. The van der Waals surface area contributed by atoms with Crippen LogP contribution in [0, 0.1) is 0 Å². The quantitative estimate of drug-likeness (QED) is 0.609. The summed E-state index contributed by atoms with van der Waals surface area (Å²) in [7, 11) is 0. The lowest BCUT2D eigenvalue weighted by Crippen LogP contribution is -2.17. The van der Waals surface area contributed by atoms with Crippen molar-refractivity contribution in [2.24, 2.45) is 0 Å². The molecule has 18 heavy (non-hydrogen) atoms. The molecule has 0 fully saturated rings. The van der Waals surface area contributed by atoms with Gasteiger partial charge in [-0.2, -0.15) is 0 Å². The summed E-state index contributed by atoms with van der Waals surface area (Å²) in [6.07, 6.45) is 0. The molecule has 1 aromatic heterocycles. The summed E-state index contributed by atoms with van der Waals surface area (Å²) < 4.78 is 3.39. The Bertz CT molecular complexity index is 519. The summed E-state index contributed by atoms with van der Waals surface area (Å²) in [5.74, 6) is 0. The minimum absolute atomic E-state index is 0.335. The van der Waals surface area contributed by atoms with E-state index in [9.17, 15) is 0 Å². The third-order valence-electron chi connectivity index (χ3n) is 2.63. The van der Waals surface area contributed by atoms with Gasteiger partial charge in [0.15, 0.2) is 0 Å². The van der Waals surface area contributed by atoms with Gasteiger partial charge in [0.25, 0.3) is 0 Å². The number of thiophene rings is 1. The van der Waals surface area contributed by atoms with Crippen LogP contribution in [0.3, 0.4) is 0 Å². The summed E-state index contributed by atoms with van der Waals surface area (Å²) in [5.41, 5.74) is 1.29. The summed E-state index contributed by atoms with van der Waals surface area (Å²) in [4.78, 5) is 1.32. The van der Waals surface area contributed by atoms with Crippen LogP contribution in [0.5, 0.6) is 0 Å². The smallest absolute Gasteiger partial charge is 0.0843 e. The maximum absolute atomic E-state index is 3.53. The van der Waals surface area contributed by atoms with Crippen LogP contribution in [0.15, 0.2) is 43.1 Å². The maximum atomic E-state index is 3.53. The van der Waals surface area contributed by atoms with E-state index in [1.165, 1.54) is 10.4 Å². The molecule has 1 heterocycles. The fourth-order valence-corrected chi connectivity index (χ4v) is 4.17. The normalized spacial score (nSPS) is 12.7. The fraction of sp³-hybridized carbons (Fsp3) is 0.231. The maximum Gasteiger partial charge on any atom is 0.0843 e. The molecule has 96 valence electrons. The lowest BCUT2D eigenvalue weighted by atomic mass is 10.1. The van der Waals surface area contributed by atoms with E-state index >= 15 is 0 Å². The Hall–Kier alpha value is 0.320. The van der Waals surface area contributed by atoms with Crippen LogP contribution >= 0.6 is 59.1 Å². The van der Waals surface area contributed by atoms with Gasteiger partial charge in [0.2, 0.25) is 0 Å². The van der Waals surface area contributed by atoms with Crippen LogP contribution in [0.4, 0.5) is 0 Å². The van der Waals surface area contributed by atoms with Crippen molar-refractivity contribution < 1.29 is 0 Å². The molecule has 0 unspecified atom stereocenters. The van der Waals surface area contributed by atoms with E-state index in [2.05, 4.69) is 84.3 Å². The number of hydrogen-bond acceptors (Lipinski definition) is 2. The molecule has 2 aromatic rings. The van der Waals surface area contributed by atoms with Gasteiger partial charge in [0.1, 0.15) is 0 Å². The van der Waals surface area contributed by atoms with Gasteiger partial charge >= 0.3 is 0 Å². The van der Waals surface area contributed by atoms with E-state index in [4.69, 9.17) is 0 Å². The van der Waals surface area contributed by atoms with Crippen molar-refractivity contribution in [1.29, 1.82) is 0 Å². The van der Waals surface area contributed by atoms with Crippen molar-refractivity contribution in [3.63, 3.8) is 0 Å². The molecule has 0 bridgehead atoms. The van der Waals surface area contributed by atoms with Crippen molar-refractivity contribution in [3.8, 4) is 0 Å². The van der Waals surface area contributed by atoms with Gasteiger partial charge in [-0.05, 0) is 62.5 Å². The monoisotopic (exact) mass is 451 g/mol. The topological polar surface area (TPSA) is 12.0 Å². The van der Waals surface area contributed by atoms with E-state index in [0.717, 1.165) is 19.3 Å². The Morgan fingerprint density at radius 1 is 1.22 bits per heavy atom. The molecule has 2 rings (SSSR count). The minimum Gasteiger partial charge on any atom is -0.305 e. The van der Waals surface area contributed by atoms with Crippen molar-refractivity contribution in [1.82, 2.24) is 5.32 Å². The van der Waals surface area contributed by atoms with Crippen LogP contribution < -0.4 is 5.32 Å². The molecular weight excluding hydrogens is 442 g/mol. The van der Waals surface area contributed by atoms with Gasteiger partial charge in [-0.1, -0.05) is 28.1 Å². The number of benzene rings is 1. The second-order valence-electron chi connectivity index (χ2n) is 3.99. The van der Waals surface area contributed by atoms with Crippen molar-refractivity contribution in [2.75, 3.05) is 0 Å². The largest absolute Gasteiger partial charge is 0.305 e. The molecule has 0 aliphatic heterocycles. The Labute approximate surface area is 136 Å². The van der Waals surface area contributed by atoms with Crippen molar-refractivity contribution >= 4 is 59.1 Å². The lowest BCUT2D eigenvalue weighted by Gasteiger charge is -2.13. The third-order valence-corrected chi connectivity index (χ3v) is 6.38. The molecule has 0 saturated carbocycles. The second kappa shape index (κ2) is 6.66. The standard InChI is InChI=1S/C13H12Br3NS/c1-8(9-3-2-4-10(14)5-9)17-7-11-6-12(15)13(16)18-11/h2-6,8,17H,7H2,1H3/t8-/m1/s1. The van der Waals surface area contributed by atoms with E-state index in [-0.39, 0.29) is 0 Å². The molecule has 0 aliphatic rings. The number of hydrogen-bond donors (Lipinski definition) is 1. The van der Waals surface area contributed by atoms with Gasteiger partial charge in [-0.25, -0.2) is 0 Å². The van der Waals surface area contributed by atoms with Gasteiger partial charge in [0.05, 0.1) is 3.79 Å². The van der Waals surface area contributed by atoms with Crippen LogP contribution in [-0.2, 0) is 6.54 Å². The first-order valence-electron chi connectivity index (χ1n) is 5.49. The minimum atomic E-state index is 0.335. The zero-order chi connectivity index (χ0) is 13.1. The molecule has 0 aliphatic carbocycles. The highest BCUT2D eigenvalue weighted by Gasteiger charge is 2.08. The number of nitrogens with one attached hydrogen (secondary N) is 1. The first-order chi connectivity index (χ1) is 8.56. The molecular formula is C13H12Br3NS. The molecule has 0 amide bonds. The van der Waals surface area contributed by atoms with E-state index in [1.54, 1.807) is 11.3 Å². The van der Waals surface area contributed by atoms with Gasteiger partial charge in [0, 0.05) is 26.4 Å². The van der Waals surface area contributed by atoms with E-state index in [0.29, 0.717) is 6.04 Å². The van der Waals surface area contributed by atoms with Crippen LogP contribution in [0.2, 0.25) is 0 Å². The second-order valence-corrected chi connectivity index (χ2v) is 8.22. The first-order valence-corrected chi connectivity index (χ1v) is 8.68. The van der Waals surface area contributed by atoms with Crippen molar-refractivity contribution in [3.05, 3.63) is 53.5 Å². The summed E-state index contributed by atoms with van der Waals surface area (Å²) in [5, 5.41) is 3.53. The van der Waals surface area contributed by atoms with Crippen LogP contribution in [0.25, 0.3) is 0 Å². The van der Waals surface area contributed by atoms with Gasteiger partial charge < -0.3 is 5.32 Å². The van der Waals surface area contributed by atoms with Crippen molar-refractivity contribution in [2.45, 2.75) is 19.5 Å². The highest BCUT2D eigenvalue weighted by molar-refractivity contribution is 9.13. The third kappa shape index (κ3) is 3.90. The molecule has 5 heteroatoms. The molecule has 1 aromatic carbocycles. The van der Waals surface area contributed by atoms with E-state index < -0.39 is 0 Å². The average molecular weight is 454 g/mol. The summed E-state index contributed by atoms with van der Waals surface area (Å²) in [6.45, 7) is 3.06. The fourth-order valence-electron chi connectivity index (χ4n) is 1.63. The molecule has 0 saturated heterocycles. The summed E-state index contributed by atoms with van der Waals surface area (Å²) >= 11 is 12.3. The highest BCUT2D eigenvalue weighted by Crippen LogP contribution is 2.32. The van der Waals surface area contributed by atoms with E-state index in [1.807, 2.05) is 6.07 Å². The Kier molecular flexibility index (Phi) is 5.45. The van der Waals surface area contributed by atoms with Crippen LogP contribution in [-0.4, -0.2) is 0 Å². The average Bonchev–Trinajstić information content (AvgIpc) is 2.66. The number of rotatable bonds is 4. The molecule has 1 nitrogen and oxygen atoms in total. The Morgan fingerprint density at radius 3 is 2.61 bits per heavy atom. The van der Waals surface area contributed by atoms with Gasteiger partial charge in [-0.15, -0.1) is 11.3 Å². The molecule has 0 radical (unpaired) electrons. The predicted octanol–water partition coefficient (Wildman–Crippen LogP) is 5.89. The molecule has 0 spiro atoms. The zero-order valence-corrected chi connectivity index (χ0v) is 15.3.